The van der Waals surface area contributed by atoms with Crippen molar-refractivity contribution >= 4 is 70.4 Å². The molecule has 10 aromatic carbocycles. The van der Waals surface area contributed by atoms with Gasteiger partial charge in [-0.15, -0.1) is 11.3 Å². The zero-order valence-electron chi connectivity index (χ0n) is 34.4. The van der Waals surface area contributed by atoms with Gasteiger partial charge in [-0.05, 0) is 93.5 Å². The number of anilines is 3. The molecule has 2 nitrogen and oxygen atoms in total. The van der Waals surface area contributed by atoms with Gasteiger partial charge in [0.1, 0.15) is 0 Å². The van der Waals surface area contributed by atoms with Gasteiger partial charge >= 0.3 is 0 Å². The van der Waals surface area contributed by atoms with Gasteiger partial charge in [-0.25, -0.2) is 0 Å². The van der Waals surface area contributed by atoms with E-state index in [1.54, 1.807) is 0 Å². The number of benzene rings is 10. The maximum absolute atomic E-state index is 2.50. The molecule has 0 spiro atoms. The molecular formula is C60H40N2S. The molecule has 0 amide bonds. The van der Waals surface area contributed by atoms with Crippen molar-refractivity contribution in [3.8, 4) is 50.2 Å². The van der Waals surface area contributed by atoms with Crippen molar-refractivity contribution in [2.45, 2.75) is 0 Å². The third kappa shape index (κ3) is 6.24. The second kappa shape index (κ2) is 15.5. The van der Waals surface area contributed by atoms with Crippen LogP contribution in [0.2, 0.25) is 0 Å². The summed E-state index contributed by atoms with van der Waals surface area (Å²) in [5, 5.41) is 5.04. The minimum Gasteiger partial charge on any atom is -0.309 e. The largest absolute Gasteiger partial charge is 0.309 e. The maximum atomic E-state index is 2.50. The number of nitrogens with zero attached hydrogens (tertiary/aromatic N) is 2. The highest BCUT2D eigenvalue weighted by Gasteiger charge is 2.24. The van der Waals surface area contributed by atoms with Crippen molar-refractivity contribution in [1.82, 2.24) is 4.57 Å². The van der Waals surface area contributed by atoms with Crippen molar-refractivity contribution in [2.75, 3.05) is 4.90 Å². The zero-order chi connectivity index (χ0) is 41.7. The van der Waals surface area contributed by atoms with Crippen LogP contribution in [-0.4, -0.2) is 4.57 Å². The molecule has 12 rings (SSSR count). The van der Waals surface area contributed by atoms with Gasteiger partial charge < -0.3 is 9.47 Å². The molecule has 0 aliphatic carbocycles. The summed E-state index contributed by atoms with van der Waals surface area (Å²) in [4.78, 5) is 2.50. The predicted octanol–water partition coefficient (Wildman–Crippen LogP) is 17.3. The van der Waals surface area contributed by atoms with E-state index in [2.05, 4.69) is 252 Å². The third-order valence-electron chi connectivity index (χ3n) is 12.4. The first-order valence-corrected chi connectivity index (χ1v) is 22.3. The van der Waals surface area contributed by atoms with Crippen LogP contribution < -0.4 is 4.90 Å². The van der Waals surface area contributed by atoms with Crippen LogP contribution in [0.5, 0.6) is 0 Å². The van der Waals surface area contributed by atoms with Crippen LogP contribution in [0.4, 0.5) is 17.1 Å². The van der Waals surface area contributed by atoms with Gasteiger partial charge in [0.05, 0.1) is 27.1 Å². The van der Waals surface area contributed by atoms with Gasteiger partial charge in [-0.1, -0.05) is 188 Å². The molecule has 0 atom stereocenters. The number of fused-ring (bicyclic) bond motifs is 6. The predicted molar refractivity (Wildman–Crippen MR) is 270 cm³/mol. The summed E-state index contributed by atoms with van der Waals surface area (Å²) in [5.41, 5.74) is 16.4. The molecule has 2 aromatic heterocycles. The molecule has 12 aromatic rings. The Labute approximate surface area is 370 Å². The van der Waals surface area contributed by atoms with Crippen LogP contribution in [0.15, 0.2) is 243 Å². The zero-order valence-corrected chi connectivity index (χ0v) is 35.2. The van der Waals surface area contributed by atoms with E-state index >= 15 is 0 Å². The van der Waals surface area contributed by atoms with E-state index in [0.717, 1.165) is 33.9 Å². The molecular weight excluding hydrogens is 781 g/mol. The van der Waals surface area contributed by atoms with E-state index < -0.39 is 0 Å². The lowest BCUT2D eigenvalue weighted by Crippen LogP contribution is -2.11. The van der Waals surface area contributed by atoms with Crippen molar-refractivity contribution in [3.05, 3.63) is 243 Å². The topological polar surface area (TPSA) is 8.17 Å². The molecule has 0 aliphatic rings. The molecule has 296 valence electrons. The number of hydrogen-bond donors (Lipinski definition) is 0. The Morgan fingerprint density at radius 1 is 0.333 bits per heavy atom. The molecule has 0 N–H and O–H groups in total. The third-order valence-corrected chi connectivity index (χ3v) is 13.6. The average molecular weight is 821 g/mol. The highest BCUT2D eigenvalue weighted by atomic mass is 32.1. The number of thiophene rings is 1. The Morgan fingerprint density at radius 3 is 1.67 bits per heavy atom. The van der Waals surface area contributed by atoms with Gasteiger partial charge in [0.2, 0.25) is 0 Å². The maximum Gasteiger partial charge on any atom is 0.0640 e. The standard InChI is InChI=1S/C60H40N2S/c1-3-20-41(21-4-1)45-26-7-8-27-47(45)48-28-9-10-29-49(48)50-30-11-14-35-54(50)62(57-38-19-34-52-51-31-13-16-39-58(51)63-60(52)57)44-25-17-22-42(40-44)46-33-18-37-56-59(46)53-32-12-15-36-55(53)61(56)43-23-5-2-6-24-43/h1-40H. The lowest BCUT2D eigenvalue weighted by molar-refractivity contribution is 1.18. The smallest absolute Gasteiger partial charge is 0.0640 e. The summed E-state index contributed by atoms with van der Waals surface area (Å²) >= 11 is 1.87. The van der Waals surface area contributed by atoms with Gasteiger partial charge in [0.25, 0.3) is 0 Å². The van der Waals surface area contributed by atoms with E-state index in [1.165, 1.54) is 75.4 Å². The fourth-order valence-corrected chi connectivity index (χ4v) is 10.9. The monoisotopic (exact) mass is 820 g/mol. The minimum absolute atomic E-state index is 1.09. The Bertz CT molecular complexity index is 3640. The first-order chi connectivity index (χ1) is 31.3. The first kappa shape index (κ1) is 36.8. The lowest BCUT2D eigenvalue weighted by atomic mass is 9.88. The summed E-state index contributed by atoms with van der Waals surface area (Å²) in [5.74, 6) is 0. The summed E-state index contributed by atoms with van der Waals surface area (Å²) in [6.07, 6.45) is 0. The van der Waals surface area contributed by atoms with E-state index in [-0.39, 0.29) is 0 Å². The van der Waals surface area contributed by atoms with Crippen LogP contribution in [0, 0.1) is 0 Å². The fourth-order valence-electron chi connectivity index (χ4n) is 9.68. The Kier molecular flexibility index (Phi) is 9.06. The van der Waals surface area contributed by atoms with Gasteiger partial charge in [0, 0.05) is 43.2 Å². The molecule has 0 saturated carbocycles. The highest BCUT2D eigenvalue weighted by molar-refractivity contribution is 7.26. The van der Waals surface area contributed by atoms with E-state index in [9.17, 15) is 0 Å². The van der Waals surface area contributed by atoms with E-state index in [4.69, 9.17) is 0 Å². The molecule has 0 bridgehead atoms. The number of hydrogen-bond acceptors (Lipinski definition) is 2. The fraction of sp³-hybridized carbons (Fsp3) is 0. The molecule has 0 radical (unpaired) electrons. The van der Waals surface area contributed by atoms with Crippen molar-refractivity contribution in [2.24, 2.45) is 0 Å². The minimum atomic E-state index is 1.09. The molecule has 3 heteroatoms. The molecule has 0 unspecified atom stereocenters. The van der Waals surface area contributed by atoms with Crippen LogP contribution in [0.1, 0.15) is 0 Å². The normalized spacial score (nSPS) is 11.5. The van der Waals surface area contributed by atoms with Crippen molar-refractivity contribution in [1.29, 1.82) is 0 Å². The quantitative estimate of drug-likeness (QED) is 0.148. The van der Waals surface area contributed by atoms with Crippen LogP contribution in [0.3, 0.4) is 0 Å². The number of rotatable bonds is 8. The summed E-state index contributed by atoms with van der Waals surface area (Å²) in [6.45, 7) is 0. The summed E-state index contributed by atoms with van der Waals surface area (Å²) in [6, 6.07) is 88.4. The first-order valence-electron chi connectivity index (χ1n) is 21.5. The SMILES string of the molecule is c1ccc(-c2ccccc2-c2ccccc2-c2ccccc2N(c2cccc(-c3cccc4c3c3ccccc3n4-c3ccccc3)c2)c2cccc3c2sc2ccccc23)cc1. The van der Waals surface area contributed by atoms with E-state index in [1.807, 2.05) is 11.3 Å². The molecule has 2 heterocycles. The highest BCUT2D eigenvalue weighted by Crippen LogP contribution is 2.50. The van der Waals surface area contributed by atoms with Gasteiger partial charge in [0.15, 0.2) is 0 Å². The molecule has 0 aliphatic heterocycles. The number of aromatic nitrogens is 1. The molecule has 0 saturated heterocycles. The second-order valence-electron chi connectivity index (χ2n) is 16.0. The average Bonchev–Trinajstić information content (AvgIpc) is 3.92. The summed E-state index contributed by atoms with van der Waals surface area (Å²) in [7, 11) is 0. The Hall–Kier alpha value is -7.98. The Balaban J connectivity index is 1.10. The van der Waals surface area contributed by atoms with Gasteiger partial charge in [-0.2, -0.15) is 0 Å². The second-order valence-corrected chi connectivity index (χ2v) is 17.1. The van der Waals surface area contributed by atoms with Crippen LogP contribution >= 0.6 is 11.3 Å². The lowest BCUT2D eigenvalue weighted by Gasteiger charge is -2.29. The summed E-state index contributed by atoms with van der Waals surface area (Å²) < 4.78 is 4.94. The van der Waals surface area contributed by atoms with Crippen molar-refractivity contribution in [3.63, 3.8) is 0 Å². The van der Waals surface area contributed by atoms with Gasteiger partial charge in [-0.3, -0.25) is 0 Å². The van der Waals surface area contributed by atoms with Crippen molar-refractivity contribution < 1.29 is 0 Å². The van der Waals surface area contributed by atoms with E-state index in [0.29, 0.717) is 0 Å². The van der Waals surface area contributed by atoms with Crippen LogP contribution in [0.25, 0.3) is 92.2 Å². The number of para-hydroxylation sites is 3. The molecule has 63 heavy (non-hydrogen) atoms. The molecule has 0 fully saturated rings. The van der Waals surface area contributed by atoms with Crippen LogP contribution in [-0.2, 0) is 0 Å². The Morgan fingerprint density at radius 2 is 0.857 bits per heavy atom.